The highest BCUT2D eigenvalue weighted by Crippen LogP contribution is 2.40. The molecule has 3 nitrogen and oxygen atoms in total. The van der Waals surface area contributed by atoms with E-state index in [1.807, 2.05) is 0 Å². The van der Waals surface area contributed by atoms with Crippen LogP contribution >= 0.6 is 11.8 Å². The van der Waals surface area contributed by atoms with Gasteiger partial charge in [0.05, 0.1) is 5.92 Å². The van der Waals surface area contributed by atoms with Gasteiger partial charge in [0.25, 0.3) is 0 Å². The zero-order valence-corrected chi connectivity index (χ0v) is 21.7. The van der Waals surface area contributed by atoms with E-state index in [0.717, 1.165) is 38.6 Å². The molecule has 0 radical (unpaired) electrons. The molecule has 0 saturated carbocycles. The fraction of sp³-hybridized carbons (Fsp3) is 0.846. The monoisotopic (exact) mass is 493 g/mol. The Morgan fingerprint density at radius 3 is 2.36 bits per heavy atom. The number of halogens is 3. The van der Waals surface area contributed by atoms with Gasteiger partial charge in [-0.3, -0.25) is 0 Å². The van der Waals surface area contributed by atoms with Crippen LogP contribution in [0.25, 0.3) is 0 Å². The average Bonchev–Trinajstić information content (AvgIpc) is 2.75. The Labute approximate surface area is 203 Å². The van der Waals surface area contributed by atoms with Gasteiger partial charge in [-0.2, -0.15) is 13.2 Å². The van der Waals surface area contributed by atoms with Crippen molar-refractivity contribution in [1.29, 1.82) is 0 Å². The summed E-state index contributed by atoms with van der Waals surface area (Å²) in [5.41, 5.74) is 0.687. The molecule has 1 aliphatic carbocycles. The van der Waals surface area contributed by atoms with Crippen LogP contribution in [0.1, 0.15) is 72.6 Å². The van der Waals surface area contributed by atoms with E-state index < -0.39 is 18.4 Å². The van der Waals surface area contributed by atoms with E-state index in [1.165, 1.54) is 0 Å². The van der Waals surface area contributed by atoms with E-state index in [0.29, 0.717) is 41.4 Å². The molecule has 0 aromatic rings. The van der Waals surface area contributed by atoms with Crippen LogP contribution in [-0.4, -0.2) is 46.8 Å². The van der Waals surface area contributed by atoms with E-state index in [4.69, 9.17) is 10.2 Å². The highest BCUT2D eigenvalue weighted by Gasteiger charge is 2.43. The van der Waals surface area contributed by atoms with Gasteiger partial charge in [-0.05, 0) is 43.4 Å². The molecule has 0 aromatic heterocycles. The van der Waals surface area contributed by atoms with Crippen LogP contribution in [0.2, 0.25) is 0 Å². The van der Waals surface area contributed by atoms with Crippen molar-refractivity contribution in [3.8, 4) is 0 Å². The minimum atomic E-state index is -4.19. The van der Waals surface area contributed by atoms with Crippen LogP contribution in [0.5, 0.6) is 0 Å². The third kappa shape index (κ3) is 12.1. The zero-order chi connectivity index (χ0) is 25.0. The number of rotatable bonds is 16. The summed E-state index contributed by atoms with van der Waals surface area (Å²) in [7, 11) is 0. The van der Waals surface area contributed by atoms with Crippen LogP contribution in [0.4, 0.5) is 13.2 Å². The second-order valence-corrected chi connectivity index (χ2v) is 11.2. The van der Waals surface area contributed by atoms with Gasteiger partial charge in [0.15, 0.2) is 6.29 Å². The van der Waals surface area contributed by atoms with Gasteiger partial charge in [0, 0.05) is 30.0 Å². The van der Waals surface area contributed by atoms with Crippen molar-refractivity contribution in [3.05, 3.63) is 24.3 Å². The maximum Gasteiger partial charge on any atom is 0.392 e. The van der Waals surface area contributed by atoms with Crippen molar-refractivity contribution in [1.82, 2.24) is 5.32 Å². The quantitative estimate of drug-likeness (QED) is 0.168. The third-order valence-electron chi connectivity index (χ3n) is 6.90. The van der Waals surface area contributed by atoms with Gasteiger partial charge in [-0.25, -0.2) is 0 Å². The topological polar surface area (TPSA) is 52.5 Å². The summed E-state index contributed by atoms with van der Waals surface area (Å²) in [5, 5.41) is 21.8. The minimum absolute atomic E-state index is 0.0259. The molecule has 194 valence electrons. The maximum atomic E-state index is 13.8. The summed E-state index contributed by atoms with van der Waals surface area (Å²) >= 11 is 1.69. The predicted molar refractivity (Wildman–Crippen MR) is 134 cm³/mol. The van der Waals surface area contributed by atoms with Gasteiger partial charge < -0.3 is 15.5 Å². The van der Waals surface area contributed by atoms with Crippen LogP contribution < -0.4 is 5.32 Å². The molecular formula is C26H46F3NO2S. The van der Waals surface area contributed by atoms with Gasteiger partial charge in [-0.15, -0.1) is 11.8 Å². The van der Waals surface area contributed by atoms with Crippen molar-refractivity contribution in [3.63, 3.8) is 0 Å². The number of hydrogen-bond acceptors (Lipinski definition) is 4. The summed E-state index contributed by atoms with van der Waals surface area (Å²) in [6.45, 7) is 13.1. The number of aliphatic hydroxyl groups excluding tert-OH is 1. The molecule has 0 bridgehead atoms. The Kier molecular flexibility index (Phi) is 14.3. The highest BCUT2D eigenvalue weighted by molar-refractivity contribution is 8.00. The fourth-order valence-electron chi connectivity index (χ4n) is 4.58. The predicted octanol–water partition coefficient (Wildman–Crippen LogP) is 6.57. The van der Waals surface area contributed by atoms with Gasteiger partial charge in [0.2, 0.25) is 0 Å². The number of aliphatic hydroxyl groups is 2. The van der Waals surface area contributed by atoms with E-state index in [9.17, 15) is 13.2 Å². The third-order valence-corrected chi connectivity index (χ3v) is 8.29. The number of nitrogens with one attached hydrogen (secondary N) is 1. The van der Waals surface area contributed by atoms with Crippen molar-refractivity contribution < 1.29 is 23.4 Å². The van der Waals surface area contributed by atoms with Crippen LogP contribution in [0, 0.1) is 29.6 Å². The summed E-state index contributed by atoms with van der Waals surface area (Å²) in [6.07, 6.45) is 4.46. The normalized spacial score (nSPS) is 22.8. The first-order valence-corrected chi connectivity index (χ1v) is 13.6. The number of thioether (sulfide) groups is 1. The van der Waals surface area contributed by atoms with E-state index >= 15 is 0 Å². The molecule has 2 unspecified atom stereocenters. The van der Waals surface area contributed by atoms with Gasteiger partial charge >= 0.3 is 6.18 Å². The maximum absolute atomic E-state index is 13.8. The molecular weight excluding hydrogens is 447 g/mol. The van der Waals surface area contributed by atoms with E-state index in [1.54, 1.807) is 25.6 Å². The van der Waals surface area contributed by atoms with Gasteiger partial charge in [-0.1, -0.05) is 71.3 Å². The Morgan fingerprint density at radius 2 is 1.85 bits per heavy atom. The Morgan fingerprint density at radius 1 is 1.15 bits per heavy atom. The lowest BCUT2D eigenvalue weighted by atomic mass is 9.80. The molecule has 6 atom stereocenters. The Bertz CT molecular complexity index is 582. The molecule has 0 spiro atoms. The molecule has 0 saturated heterocycles. The van der Waals surface area contributed by atoms with Crippen molar-refractivity contribution in [2.45, 2.75) is 90.4 Å². The van der Waals surface area contributed by atoms with Crippen LogP contribution in [0.15, 0.2) is 24.3 Å². The molecule has 0 aliphatic heterocycles. The molecule has 0 aromatic carbocycles. The number of alkyl halides is 3. The molecule has 7 heteroatoms. The molecule has 1 rings (SSSR count). The van der Waals surface area contributed by atoms with Crippen molar-refractivity contribution >= 4 is 11.8 Å². The Hall–Kier alpha value is -0.500. The van der Waals surface area contributed by atoms with Crippen LogP contribution in [-0.2, 0) is 0 Å². The lowest BCUT2D eigenvalue weighted by molar-refractivity contribution is -0.188. The second-order valence-electron chi connectivity index (χ2n) is 10.00. The number of hydrogen-bond donors (Lipinski definition) is 3. The summed E-state index contributed by atoms with van der Waals surface area (Å²) in [4.78, 5) is 0. The molecule has 3 N–H and O–H groups in total. The summed E-state index contributed by atoms with van der Waals surface area (Å²) in [6, 6.07) is 0. The fourth-order valence-corrected chi connectivity index (χ4v) is 5.66. The molecule has 0 amide bonds. The molecule has 0 heterocycles. The standard InChI is InChI=1S/C26H46F3NO2S/c1-6-8-21(7-2)14-19(4)24(26(27,28)29)13-18(3)17-33-23-11-9-22(10-12-23)16-30-15-20(5)25(31)32/h9,11,19-25,30-32H,3,6-8,10,12-17H2,1-2,4-5H3/t19-,20+,21+,22?,23+,24?/m1/s1. The highest BCUT2D eigenvalue weighted by atomic mass is 32.2. The summed E-state index contributed by atoms with van der Waals surface area (Å²) < 4.78 is 41.4. The lowest BCUT2D eigenvalue weighted by Crippen LogP contribution is -2.32. The smallest absolute Gasteiger partial charge is 0.368 e. The second kappa shape index (κ2) is 15.5. The first kappa shape index (κ1) is 30.5. The Balaban J connectivity index is 2.47. The SMILES string of the molecule is C=C(CS[C@H]1C=CC(CNC[C@H](C)C(O)O)CC1)CC([C@H](C)C[C@@H](CC)CCC)C(F)(F)F. The lowest BCUT2D eigenvalue weighted by Gasteiger charge is -2.30. The van der Waals surface area contributed by atoms with Crippen molar-refractivity contribution in [2.24, 2.45) is 29.6 Å². The first-order valence-electron chi connectivity index (χ1n) is 12.6. The van der Waals surface area contributed by atoms with Crippen molar-refractivity contribution in [2.75, 3.05) is 18.8 Å². The first-order chi connectivity index (χ1) is 15.5. The largest absolute Gasteiger partial charge is 0.392 e. The zero-order valence-electron chi connectivity index (χ0n) is 20.9. The average molecular weight is 494 g/mol. The van der Waals surface area contributed by atoms with E-state index in [-0.39, 0.29) is 18.3 Å². The van der Waals surface area contributed by atoms with Gasteiger partial charge in [0.1, 0.15) is 0 Å². The summed E-state index contributed by atoms with van der Waals surface area (Å²) in [5.74, 6) is -0.582. The van der Waals surface area contributed by atoms with Crippen LogP contribution in [0.3, 0.4) is 0 Å². The minimum Gasteiger partial charge on any atom is -0.368 e. The molecule has 1 aliphatic rings. The molecule has 33 heavy (non-hydrogen) atoms. The van der Waals surface area contributed by atoms with E-state index in [2.05, 4.69) is 37.9 Å². The molecule has 0 fully saturated rings.